The van der Waals surface area contributed by atoms with Crippen molar-refractivity contribution in [3.63, 3.8) is 0 Å². The average Bonchev–Trinajstić information content (AvgIpc) is 3.80. The van der Waals surface area contributed by atoms with Gasteiger partial charge in [-0.05, 0) is 41.0 Å². The maximum absolute atomic E-state index is 5.55. The molecular weight excluding hydrogens is 683 g/mol. The number of hydrogen-bond donors (Lipinski definition) is 0. The number of para-hydroxylation sites is 4. The van der Waals surface area contributed by atoms with E-state index in [-0.39, 0.29) is 0 Å². The maximum Gasteiger partial charge on any atom is 0.238 e. The Labute approximate surface area is 323 Å². The van der Waals surface area contributed by atoms with Crippen molar-refractivity contribution in [2.45, 2.75) is 0 Å². The first-order chi connectivity index (χ1) is 27.8. The van der Waals surface area contributed by atoms with Crippen LogP contribution in [0.3, 0.4) is 0 Å². The van der Waals surface area contributed by atoms with Crippen LogP contribution >= 0.6 is 0 Å². The third kappa shape index (κ3) is 5.06. The monoisotopic (exact) mass is 715 g/mol. The van der Waals surface area contributed by atoms with Crippen molar-refractivity contribution < 1.29 is 0 Å². The van der Waals surface area contributed by atoms with Crippen molar-refractivity contribution in [3.8, 4) is 56.7 Å². The van der Waals surface area contributed by atoms with Crippen molar-refractivity contribution in [1.29, 1.82) is 0 Å². The molecule has 0 N–H and O–H groups in total. The zero-order valence-electron chi connectivity index (χ0n) is 30.3. The quantitative estimate of drug-likeness (QED) is 0.172. The molecule has 11 rings (SSSR count). The molecule has 8 aromatic carbocycles. The minimum Gasteiger partial charge on any atom is -0.308 e. The molecule has 3 aromatic heterocycles. The van der Waals surface area contributed by atoms with Gasteiger partial charge in [-0.3, -0.25) is 4.57 Å². The summed E-state index contributed by atoms with van der Waals surface area (Å²) in [7, 11) is 0. The Bertz CT molecular complexity index is 3130. The van der Waals surface area contributed by atoms with Crippen LogP contribution < -0.4 is 0 Å². The van der Waals surface area contributed by atoms with Crippen LogP contribution in [0.4, 0.5) is 0 Å². The molecule has 0 atom stereocenters. The van der Waals surface area contributed by atoms with E-state index < -0.39 is 0 Å². The number of aromatic nitrogens is 5. The first-order valence-electron chi connectivity index (χ1n) is 18.9. The van der Waals surface area contributed by atoms with E-state index in [0.717, 1.165) is 71.9 Å². The number of nitrogens with zero attached hydrogens (tertiary/aromatic N) is 5. The lowest BCUT2D eigenvalue weighted by atomic mass is 9.91. The summed E-state index contributed by atoms with van der Waals surface area (Å²) in [5, 5.41) is 4.66. The van der Waals surface area contributed by atoms with Crippen LogP contribution in [0.5, 0.6) is 0 Å². The Balaban J connectivity index is 1.34. The van der Waals surface area contributed by atoms with Gasteiger partial charge in [0.1, 0.15) is 0 Å². The van der Waals surface area contributed by atoms with Crippen LogP contribution in [0, 0.1) is 0 Å². The molecule has 0 bridgehead atoms. The Hall–Kier alpha value is -7.63. The van der Waals surface area contributed by atoms with Crippen LogP contribution in [-0.4, -0.2) is 24.1 Å². The Kier molecular flexibility index (Phi) is 7.42. The molecule has 0 amide bonds. The van der Waals surface area contributed by atoms with E-state index in [0.29, 0.717) is 17.6 Å². The zero-order chi connectivity index (χ0) is 37.0. The molecule has 0 aliphatic rings. The first kappa shape index (κ1) is 31.9. The average molecular weight is 716 g/mol. The predicted octanol–water partition coefficient (Wildman–Crippen LogP) is 12.7. The number of hydrogen-bond acceptors (Lipinski definition) is 3. The first-order valence-corrected chi connectivity index (χ1v) is 18.9. The van der Waals surface area contributed by atoms with E-state index in [9.17, 15) is 0 Å². The molecule has 0 saturated carbocycles. The van der Waals surface area contributed by atoms with Gasteiger partial charge >= 0.3 is 0 Å². The van der Waals surface area contributed by atoms with E-state index in [1.54, 1.807) is 0 Å². The fraction of sp³-hybridized carbons (Fsp3) is 0. The maximum atomic E-state index is 5.55. The van der Waals surface area contributed by atoms with E-state index >= 15 is 0 Å². The topological polar surface area (TPSA) is 48.5 Å². The molecule has 0 aliphatic carbocycles. The van der Waals surface area contributed by atoms with Gasteiger partial charge in [0.05, 0.1) is 33.3 Å². The van der Waals surface area contributed by atoms with E-state index in [2.05, 4.69) is 191 Å². The molecular formula is C51H33N5. The summed E-state index contributed by atoms with van der Waals surface area (Å²) < 4.78 is 4.60. The second-order valence-electron chi connectivity index (χ2n) is 14.0. The lowest BCUT2D eigenvalue weighted by Crippen LogP contribution is -2.09. The lowest BCUT2D eigenvalue weighted by molar-refractivity contribution is 0.952. The van der Waals surface area contributed by atoms with Gasteiger partial charge in [-0.15, -0.1) is 0 Å². The van der Waals surface area contributed by atoms with Gasteiger partial charge in [-0.2, -0.15) is 9.97 Å². The molecule has 11 aromatic rings. The molecule has 5 nitrogen and oxygen atoms in total. The molecule has 0 spiro atoms. The van der Waals surface area contributed by atoms with Gasteiger partial charge in [0, 0.05) is 32.7 Å². The Morgan fingerprint density at radius 2 is 0.661 bits per heavy atom. The zero-order valence-corrected chi connectivity index (χ0v) is 30.3. The second kappa shape index (κ2) is 13.0. The van der Waals surface area contributed by atoms with Crippen molar-refractivity contribution in [2.75, 3.05) is 0 Å². The summed E-state index contributed by atoms with van der Waals surface area (Å²) in [6.07, 6.45) is 0. The highest BCUT2D eigenvalue weighted by atomic mass is 15.2. The highest BCUT2D eigenvalue weighted by Gasteiger charge is 2.26. The summed E-state index contributed by atoms with van der Waals surface area (Å²) in [4.78, 5) is 16.3. The molecule has 0 aliphatic heterocycles. The van der Waals surface area contributed by atoms with Crippen LogP contribution in [0.2, 0.25) is 0 Å². The molecule has 0 unspecified atom stereocenters. The van der Waals surface area contributed by atoms with Crippen LogP contribution in [0.1, 0.15) is 0 Å². The van der Waals surface area contributed by atoms with E-state index in [1.807, 2.05) is 18.2 Å². The minimum absolute atomic E-state index is 0.559. The van der Waals surface area contributed by atoms with Crippen LogP contribution in [0.15, 0.2) is 200 Å². The van der Waals surface area contributed by atoms with Crippen molar-refractivity contribution in [3.05, 3.63) is 200 Å². The highest BCUT2D eigenvalue weighted by Crippen LogP contribution is 2.45. The normalized spacial score (nSPS) is 11.6. The molecule has 0 radical (unpaired) electrons. The van der Waals surface area contributed by atoms with Crippen LogP contribution in [-0.2, 0) is 0 Å². The largest absolute Gasteiger partial charge is 0.308 e. The van der Waals surface area contributed by atoms with E-state index in [4.69, 9.17) is 15.0 Å². The fourth-order valence-electron chi connectivity index (χ4n) is 8.35. The Morgan fingerprint density at radius 3 is 1.16 bits per heavy atom. The lowest BCUT2D eigenvalue weighted by Gasteiger charge is -2.22. The molecule has 0 saturated heterocycles. The SMILES string of the molecule is c1ccc(-c2nc(-c3c(-c4ccccc4)ccc(-c4ccccc4)c3-n3c4ccccc4c4ccccc43)nc(-n3c4ccccc4c4ccccc43)n2)cc1. The smallest absolute Gasteiger partial charge is 0.238 e. The third-order valence-corrected chi connectivity index (χ3v) is 10.8. The van der Waals surface area contributed by atoms with Crippen molar-refractivity contribution in [2.24, 2.45) is 0 Å². The van der Waals surface area contributed by atoms with Gasteiger partial charge in [0.2, 0.25) is 5.95 Å². The van der Waals surface area contributed by atoms with E-state index in [1.165, 1.54) is 10.8 Å². The molecule has 5 heteroatoms. The van der Waals surface area contributed by atoms with Gasteiger partial charge in [-0.25, -0.2) is 4.98 Å². The highest BCUT2D eigenvalue weighted by molar-refractivity contribution is 6.11. The molecule has 56 heavy (non-hydrogen) atoms. The number of rotatable bonds is 6. The minimum atomic E-state index is 0.559. The van der Waals surface area contributed by atoms with Gasteiger partial charge < -0.3 is 4.57 Å². The van der Waals surface area contributed by atoms with Crippen LogP contribution in [0.25, 0.3) is 100 Å². The summed E-state index contributed by atoms with van der Waals surface area (Å²) in [5.41, 5.74) is 11.4. The van der Waals surface area contributed by atoms with Gasteiger partial charge in [0.15, 0.2) is 11.6 Å². The summed E-state index contributed by atoms with van der Waals surface area (Å²) in [5.74, 6) is 1.75. The number of benzene rings is 8. The molecule has 3 heterocycles. The van der Waals surface area contributed by atoms with Crippen molar-refractivity contribution in [1.82, 2.24) is 24.1 Å². The van der Waals surface area contributed by atoms with Crippen molar-refractivity contribution >= 4 is 43.6 Å². The molecule has 262 valence electrons. The van der Waals surface area contributed by atoms with Gasteiger partial charge in [0.25, 0.3) is 0 Å². The summed E-state index contributed by atoms with van der Waals surface area (Å²) >= 11 is 0. The standard InChI is InChI=1S/C51H33N5/c1-4-18-34(19-5-1)37-32-33-38(35-20-6-2-7-21-35)48(55-43-28-14-10-24-39(43)40-25-11-15-29-44(40)55)47(37)50-52-49(36-22-8-3-9-23-36)53-51(54-50)56-45-30-16-12-26-41(45)42-27-13-17-31-46(42)56/h1-33H. The van der Waals surface area contributed by atoms with Gasteiger partial charge in [-0.1, -0.05) is 176 Å². The fourth-order valence-corrected chi connectivity index (χ4v) is 8.35. The summed E-state index contributed by atoms with van der Waals surface area (Å²) in [6.45, 7) is 0. The predicted molar refractivity (Wildman–Crippen MR) is 230 cm³/mol. The number of fused-ring (bicyclic) bond motifs is 6. The third-order valence-electron chi connectivity index (χ3n) is 10.8. The second-order valence-corrected chi connectivity index (χ2v) is 14.0. The summed E-state index contributed by atoms with van der Waals surface area (Å²) in [6, 6.07) is 70.3. The Morgan fingerprint density at radius 1 is 0.286 bits per heavy atom. The molecule has 0 fully saturated rings.